The van der Waals surface area contributed by atoms with E-state index >= 15 is 0 Å². The molecule has 1 saturated heterocycles. The number of hydrogen-bond acceptors (Lipinski definition) is 8. The van der Waals surface area contributed by atoms with Crippen molar-refractivity contribution < 1.29 is 23.9 Å². The number of nitro groups is 1. The highest BCUT2D eigenvalue weighted by Crippen LogP contribution is 2.30. The van der Waals surface area contributed by atoms with Crippen LogP contribution in [-0.2, 0) is 18.9 Å². The second-order valence-corrected chi connectivity index (χ2v) is 7.42. The minimum Gasteiger partial charge on any atom is -0.383 e. The molecule has 5 atom stereocenters. The van der Waals surface area contributed by atoms with E-state index in [0.29, 0.717) is 13.2 Å². The van der Waals surface area contributed by atoms with Crippen LogP contribution in [0.2, 0.25) is 0 Å². The van der Waals surface area contributed by atoms with E-state index in [9.17, 15) is 10.1 Å². The summed E-state index contributed by atoms with van der Waals surface area (Å²) in [7, 11) is 6.50. The highest BCUT2D eigenvalue weighted by molar-refractivity contribution is 5.02. The molecule has 9 nitrogen and oxygen atoms in total. The van der Waals surface area contributed by atoms with Gasteiger partial charge in [0, 0.05) is 33.4 Å². The van der Waals surface area contributed by atoms with Gasteiger partial charge in [0.1, 0.15) is 12.2 Å². The van der Waals surface area contributed by atoms with Gasteiger partial charge in [0.05, 0.1) is 31.3 Å². The summed E-state index contributed by atoms with van der Waals surface area (Å²) < 4.78 is 22.0. The zero-order valence-corrected chi connectivity index (χ0v) is 16.4. The smallest absolute Gasteiger partial charge is 0.220 e. The highest BCUT2D eigenvalue weighted by Gasteiger charge is 2.51. The number of hydrazine groups is 1. The van der Waals surface area contributed by atoms with E-state index in [2.05, 4.69) is 5.43 Å². The fourth-order valence-corrected chi connectivity index (χ4v) is 3.30. The van der Waals surface area contributed by atoms with Gasteiger partial charge in [0.15, 0.2) is 0 Å². The summed E-state index contributed by atoms with van der Waals surface area (Å²) in [6, 6.07) is -0.678. The standard InChI is InChI=1S/C16H33N3O6/c1-16(2,3)13(8-18(20)21)17-19-11(9-22-4)14(24-6)15(25-7)12(19)10-23-5/h11-15,17H,8-10H2,1-7H3/t11-,12-,13+,14+,15+/m0/s1. The van der Waals surface area contributed by atoms with Crippen LogP contribution in [0.15, 0.2) is 0 Å². The van der Waals surface area contributed by atoms with Crippen LogP contribution in [0.5, 0.6) is 0 Å². The number of ether oxygens (including phenoxy) is 4. The summed E-state index contributed by atoms with van der Waals surface area (Å²) in [5.74, 6) is 0. The van der Waals surface area contributed by atoms with Crippen LogP contribution in [0.25, 0.3) is 0 Å². The summed E-state index contributed by atoms with van der Waals surface area (Å²) in [5.41, 5.74) is 3.05. The van der Waals surface area contributed by atoms with E-state index in [0.717, 1.165) is 0 Å². The van der Waals surface area contributed by atoms with Gasteiger partial charge in [0.2, 0.25) is 6.54 Å². The Kier molecular flexibility index (Phi) is 8.66. The highest BCUT2D eigenvalue weighted by atomic mass is 16.6. The van der Waals surface area contributed by atoms with Gasteiger partial charge in [-0.1, -0.05) is 20.8 Å². The second-order valence-electron chi connectivity index (χ2n) is 7.42. The third-order valence-corrected chi connectivity index (χ3v) is 4.70. The van der Waals surface area contributed by atoms with Gasteiger partial charge >= 0.3 is 0 Å². The van der Waals surface area contributed by atoms with E-state index in [1.165, 1.54) is 0 Å². The number of methoxy groups -OCH3 is 4. The van der Waals surface area contributed by atoms with Crippen LogP contribution in [-0.4, -0.2) is 88.5 Å². The molecule has 1 fully saturated rings. The normalized spacial score (nSPS) is 29.1. The molecule has 148 valence electrons. The van der Waals surface area contributed by atoms with Crippen molar-refractivity contribution in [3.05, 3.63) is 10.1 Å². The van der Waals surface area contributed by atoms with Crippen LogP contribution < -0.4 is 5.43 Å². The molecule has 0 spiro atoms. The Labute approximate surface area is 150 Å². The van der Waals surface area contributed by atoms with Crippen molar-refractivity contribution in [3.63, 3.8) is 0 Å². The van der Waals surface area contributed by atoms with Crippen LogP contribution in [0.3, 0.4) is 0 Å². The van der Waals surface area contributed by atoms with Crippen molar-refractivity contribution in [3.8, 4) is 0 Å². The van der Waals surface area contributed by atoms with E-state index in [-0.39, 0.29) is 47.2 Å². The Hall–Kier alpha value is -0.840. The summed E-state index contributed by atoms with van der Waals surface area (Å²) >= 11 is 0. The lowest BCUT2D eigenvalue weighted by atomic mass is 9.87. The monoisotopic (exact) mass is 363 g/mol. The van der Waals surface area contributed by atoms with Crippen LogP contribution in [0.1, 0.15) is 20.8 Å². The number of nitrogens with one attached hydrogen (secondary N) is 1. The molecule has 0 aromatic rings. The molecule has 0 aromatic heterocycles. The molecule has 0 bridgehead atoms. The first kappa shape index (κ1) is 22.2. The average Bonchev–Trinajstić information content (AvgIpc) is 2.79. The van der Waals surface area contributed by atoms with Crippen molar-refractivity contribution >= 4 is 0 Å². The summed E-state index contributed by atoms with van der Waals surface area (Å²) in [6.07, 6.45) is -0.484. The molecule has 0 amide bonds. The van der Waals surface area contributed by atoms with Gasteiger partial charge in [-0.2, -0.15) is 0 Å². The van der Waals surface area contributed by atoms with Crippen molar-refractivity contribution in [2.45, 2.75) is 51.1 Å². The minimum atomic E-state index is -0.366. The minimum absolute atomic E-state index is 0.156. The molecule has 0 aliphatic carbocycles. The lowest BCUT2D eigenvalue weighted by molar-refractivity contribution is -0.487. The van der Waals surface area contributed by atoms with Gasteiger partial charge in [-0.15, -0.1) is 0 Å². The Balaban J connectivity index is 3.15. The molecule has 1 aliphatic rings. The van der Waals surface area contributed by atoms with Crippen molar-refractivity contribution in [2.24, 2.45) is 5.41 Å². The van der Waals surface area contributed by atoms with Gasteiger partial charge in [0.25, 0.3) is 0 Å². The maximum atomic E-state index is 11.1. The number of rotatable bonds is 10. The molecule has 0 aromatic carbocycles. The zero-order valence-electron chi connectivity index (χ0n) is 16.4. The summed E-state index contributed by atoms with van der Waals surface area (Å²) in [6.45, 7) is 6.55. The lowest BCUT2D eigenvalue weighted by Gasteiger charge is -2.38. The van der Waals surface area contributed by atoms with Crippen LogP contribution >= 0.6 is 0 Å². The van der Waals surface area contributed by atoms with Gasteiger partial charge in [-0.25, -0.2) is 10.4 Å². The first-order valence-electron chi connectivity index (χ1n) is 8.41. The largest absolute Gasteiger partial charge is 0.383 e. The molecule has 1 N–H and O–H groups in total. The van der Waals surface area contributed by atoms with E-state index in [1.807, 2.05) is 25.8 Å². The average molecular weight is 363 g/mol. The Morgan fingerprint density at radius 2 is 1.48 bits per heavy atom. The van der Waals surface area contributed by atoms with Gasteiger partial charge < -0.3 is 18.9 Å². The molecule has 9 heteroatoms. The van der Waals surface area contributed by atoms with Crippen molar-refractivity contribution in [1.82, 2.24) is 10.4 Å². The van der Waals surface area contributed by atoms with Crippen LogP contribution in [0.4, 0.5) is 0 Å². The molecule has 25 heavy (non-hydrogen) atoms. The Morgan fingerprint density at radius 3 is 1.76 bits per heavy atom. The first-order valence-corrected chi connectivity index (χ1v) is 8.41. The molecule has 1 rings (SSSR count). The predicted octanol–water partition coefficient (Wildman–Crippen LogP) is 0.558. The lowest BCUT2D eigenvalue weighted by Crippen LogP contribution is -2.60. The molecular formula is C16H33N3O6. The predicted molar refractivity (Wildman–Crippen MR) is 93.0 cm³/mol. The zero-order chi connectivity index (χ0) is 19.2. The quantitative estimate of drug-likeness (QED) is 0.444. The maximum absolute atomic E-state index is 11.1. The summed E-state index contributed by atoms with van der Waals surface area (Å²) in [5, 5.41) is 13.1. The molecule has 0 saturated carbocycles. The van der Waals surface area contributed by atoms with Crippen molar-refractivity contribution in [1.29, 1.82) is 0 Å². The van der Waals surface area contributed by atoms with E-state index in [1.54, 1.807) is 28.4 Å². The number of hydrogen-bond donors (Lipinski definition) is 1. The van der Waals surface area contributed by atoms with Gasteiger partial charge in [-0.05, 0) is 5.41 Å². The Bertz CT molecular complexity index is 397. The summed E-state index contributed by atoms with van der Waals surface area (Å²) in [4.78, 5) is 10.8. The fraction of sp³-hybridized carbons (Fsp3) is 1.00. The molecular weight excluding hydrogens is 330 g/mol. The molecule has 0 unspecified atom stereocenters. The van der Waals surface area contributed by atoms with Gasteiger partial charge in [-0.3, -0.25) is 10.1 Å². The third-order valence-electron chi connectivity index (χ3n) is 4.70. The Morgan fingerprint density at radius 1 is 1.04 bits per heavy atom. The topological polar surface area (TPSA) is 95.3 Å². The first-order chi connectivity index (χ1) is 11.7. The fourth-order valence-electron chi connectivity index (χ4n) is 3.30. The maximum Gasteiger partial charge on any atom is 0.220 e. The van der Waals surface area contributed by atoms with E-state index < -0.39 is 0 Å². The molecule has 1 aliphatic heterocycles. The van der Waals surface area contributed by atoms with Crippen LogP contribution in [0, 0.1) is 15.5 Å². The van der Waals surface area contributed by atoms with Crippen molar-refractivity contribution in [2.75, 3.05) is 48.2 Å². The molecule has 0 radical (unpaired) electrons. The van der Waals surface area contributed by atoms with E-state index in [4.69, 9.17) is 18.9 Å². The third kappa shape index (κ3) is 5.57. The SMILES string of the molecule is COC[C@H]1[C@@H](OC)[C@H](OC)[C@H](COC)N1N[C@H](C[N+](=O)[O-])C(C)(C)C. The second kappa shape index (κ2) is 9.75. The number of nitrogens with zero attached hydrogens (tertiary/aromatic N) is 2. The molecule has 1 heterocycles.